The number of aromatic nitrogens is 3. The number of aryl methyl sites for hydroxylation is 1. The Morgan fingerprint density at radius 3 is 2.62 bits per heavy atom. The average Bonchev–Trinajstić information content (AvgIpc) is 3.02. The van der Waals surface area contributed by atoms with Crippen LogP contribution in [0.3, 0.4) is 0 Å². The smallest absolute Gasteiger partial charge is 0.269 e. The van der Waals surface area contributed by atoms with Crippen molar-refractivity contribution in [2.75, 3.05) is 0 Å². The zero-order valence-electron chi connectivity index (χ0n) is 14.6. The number of hydrogen-bond donors (Lipinski definition) is 2. The summed E-state index contributed by atoms with van der Waals surface area (Å²) in [5.41, 5.74) is 7.09. The predicted octanol–water partition coefficient (Wildman–Crippen LogP) is 2.24. The third-order valence-electron chi connectivity index (χ3n) is 4.05. The summed E-state index contributed by atoms with van der Waals surface area (Å²) >= 11 is 0. The van der Waals surface area contributed by atoms with Gasteiger partial charge >= 0.3 is 0 Å². The number of para-hydroxylation sites is 2. The third-order valence-corrected chi connectivity index (χ3v) is 4.05. The molecular formula is C19H21N5O2. The Hall–Kier alpha value is -3.22. The first kappa shape index (κ1) is 17.6. The molecule has 0 saturated heterocycles. The summed E-state index contributed by atoms with van der Waals surface area (Å²) in [5.74, 6) is 0.180. The van der Waals surface area contributed by atoms with Crippen molar-refractivity contribution in [3.05, 3.63) is 60.2 Å². The second-order valence-corrected chi connectivity index (χ2v) is 5.94. The van der Waals surface area contributed by atoms with Crippen LogP contribution in [0.5, 0.6) is 0 Å². The molecule has 2 heterocycles. The van der Waals surface area contributed by atoms with Crippen LogP contribution in [0.25, 0.3) is 11.0 Å². The molecule has 0 aliphatic rings. The first-order valence-electron chi connectivity index (χ1n) is 8.62. The molecule has 3 rings (SSSR count). The van der Waals surface area contributed by atoms with E-state index in [2.05, 4.69) is 27.7 Å². The lowest BCUT2D eigenvalue weighted by Gasteiger charge is -2.11. The first-order valence-corrected chi connectivity index (χ1v) is 8.62. The molecule has 2 aromatic heterocycles. The topological polar surface area (TPSA) is 88.9 Å². The summed E-state index contributed by atoms with van der Waals surface area (Å²) < 4.78 is 1.90. The van der Waals surface area contributed by atoms with E-state index in [9.17, 15) is 9.59 Å². The molecule has 26 heavy (non-hydrogen) atoms. The molecule has 7 heteroatoms. The van der Waals surface area contributed by atoms with E-state index in [0.29, 0.717) is 5.56 Å². The molecule has 2 amide bonds. The van der Waals surface area contributed by atoms with Crippen LogP contribution >= 0.6 is 0 Å². The molecule has 0 saturated carbocycles. The Labute approximate surface area is 151 Å². The zero-order valence-corrected chi connectivity index (χ0v) is 14.6. The molecule has 0 aliphatic carbocycles. The van der Waals surface area contributed by atoms with E-state index < -0.39 is 0 Å². The minimum absolute atomic E-state index is 0.0934. The Balaban J connectivity index is 1.69. The number of amides is 2. The molecule has 0 atom stereocenters. The van der Waals surface area contributed by atoms with Crippen LogP contribution in [0, 0.1) is 0 Å². The van der Waals surface area contributed by atoms with Gasteiger partial charge < -0.3 is 4.57 Å². The minimum Gasteiger partial charge on any atom is -0.318 e. The standard InChI is InChI=1S/C19H21N5O2/c1-2-3-8-17-21-15-6-4-5-7-16(15)24(17)13-18(25)22-23-19(26)14-9-11-20-12-10-14/h4-7,9-12H,2-3,8,13H2,1H3,(H,22,25)(H,23,26). The van der Waals surface area contributed by atoms with Crippen LogP contribution < -0.4 is 10.9 Å². The van der Waals surface area contributed by atoms with E-state index in [0.717, 1.165) is 36.1 Å². The van der Waals surface area contributed by atoms with Gasteiger partial charge in [-0.1, -0.05) is 25.5 Å². The van der Waals surface area contributed by atoms with Gasteiger partial charge in [0.25, 0.3) is 11.8 Å². The fourth-order valence-electron chi connectivity index (χ4n) is 2.71. The van der Waals surface area contributed by atoms with Crippen molar-refractivity contribution in [1.82, 2.24) is 25.4 Å². The maximum Gasteiger partial charge on any atom is 0.269 e. The van der Waals surface area contributed by atoms with Gasteiger partial charge in [-0.2, -0.15) is 0 Å². The summed E-state index contributed by atoms with van der Waals surface area (Å²) in [4.78, 5) is 32.8. The van der Waals surface area contributed by atoms with Crippen LogP contribution in [0.1, 0.15) is 35.9 Å². The molecule has 0 spiro atoms. The molecular weight excluding hydrogens is 330 g/mol. The summed E-state index contributed by atoms with van der Waals surface area (Å²) in [6.07, 6.45) is 5.91. The molecule has 0 radical (unpaired) electrons. The van der Waals surface area contributed by atoms with Crippen molar-refractivity contribution in [2.24, 2.45) is 0 Å². The normalized spacial score (nSPS) is 10.7. The zero-order chi connectivity index (χ0) is 18.4. The van der Waals surface area contributed by atoms with E-state index >= 15 is 0 Å². The van der Waals surface area contributed by atoms with Crippen molar-refractivity contribution in [1.29, 1.82) is 0 Å². The lowest BCUT2D eigenvalue weighted by molar-refractivity contribution is -0.122. The van der Waals surface area contributed by atoms with Gasteiger partial charge in [0.05, 0.1) is 11.0 Å². The van der Waals surface area contributed by atoms with E-state index in [-0.39, 0.29) is 18.4 Å². The quantitative estimate of drug-likeness (QED) is 0.667. The third kappa shape index (κ3) is 4.05. The molecule has 0 unspecified atom stereocenters. The second kappa shape index (κ2) is 8.24. The van der Waals surface area contributed by atoms with Crippen molar-refractivity contribution >= 4 is 22.8 Å². The predicted molar refractivity (Wildman–Crippen MR) is 98.2 cm³/mol. The molecule has 1 aromatic carbocycles. The Morgan fingerprint density at radius 1 is 1.08 bits per heavy atom. The molecule has 3 aromatic rings. The van der Waals surface area contributed by atoms with Crippen LogP contribution in [0.2, 0.25) is 0 Å². The summed E-state index contributed by atoms with van der Waals surface area (Å²) in [6, 6.07) is 10.9. The summed E-state index contributed by atoms with van der Waals surface area (Å²) in [7, 11) is 0. The number of benzene rings is 1. The fraction of sp³-hybridized carbons (Fsp3) is 0.263. The SMILES string of the molecule is CCCCc1nc2ccccc2n1CC(=O)NNC(=O)c1ccncc1. The Bertz CT molecular complexity index is 905. The van der Waals surface area contributed by atoms with Gasteiger partial charge in [-0.3, -0.25) is 25.4 Å². The highest BCUT2D eigenvalue weighted by molar-refractivity contribution is 5.95. The van der Waals surface area contributed by atoms with Crippen molar-refractivity contribution in [3.8, 4) is 0 Å². The fourth-order valence-corrected chi connectivity index (χ4v) is 2.71. The number of carbonyl (C=O) groups is 2. The molecule has 0 fully saturated rings. The minimum atomic E-state index is -0.387. The largest absolute Gasteiger partial charge is 0.318 e. The van der Waals surface area contributed by atoms with Gasteiger partial charge in [0.2, 0.25) is 0 Å². The lowest BCUT2D eigenvalue weighted by atomic mass is 10.2. The number of hydrogen-bond acceptors (Lipinski definition) is 4. The van der Waals surface area contributed by atoms with Gasteiger partial charge in [-0.15, -0.1) is 0 Å². The van der Waals surface area contributed by atoms with Gasteiger partial charge in [0, 0.05) is 24.4 Å². The molecule has 0 bridgehead atoms. The van der Waals surface area contributed by atoms with Crippen LogP contribution in [0.4, 0.5) is 0 Å². The van der Waals surface area contributed by atoms with Gasteiger partial charge in [0.1, 0.15) is 12.4 Å². The highest BCUT2D eigenvalue weighted by Gasteiger charge is 2.14. The monoisotopic (exact) mass is 351 g/mol. The van der Waals surface area contributed by atoms with E-state index in [4.69, 9.17) is 0 Å². The van der Waals surface area contributed by atoms with Crippen molar-refractivity contribution in [3.63, 3.8) is 0 Å². The number of nitrogens with zero attached hydrogens (tertiary/aromatic N) is 3. The number of carbonyl (C=O) groups excluding carboxylic acids is 2. The highest BCUT2D eigenvalue weighted by Crippen LogP contribution is 2.17. The van der Waals surface area contributed by atoms with Crippen LogP contribution in [-0.2, 0) is 17.8 Å². The maximum atomic E-state index is 12.3. The van der Waals surface area contributed by atoms with Gasteiger partial charge in [-0.05, 0) is 30.7 Å². The average molecular weight is 351 g/mol. The molecule has 7 nitrogen and oxygen atoms in total. The van der Waals surface area contributed by atoms with Crippen LogP contribution in [-0.4, -0.2) is 26.3 Å². The molecule has 134 valence electrons. The number of rotatable bonds is 6. The lowest BCUT2D eigenvalue weighted by Crippen LogP contribution is -2.43. The Morgan fingerprint density at radius 2 is 1.85 bits per heavy atom. The number of pyridine rings is 1. The van der Waals surface area contributed by atoms with Gasteiger partial charge in [-0.25, -0.2) is 4.98 Å². The number of hydrazine groups is 1. The second-order valence-electron chi connectivity index (χ2n) is 5.94. The highest BCUT2D eigenvalue weighted by atomic mass is 16.2. The summed E-state index contributed by atoms with van der Waals surface area (Å²) in [5, 5.41) is 0. The molecule has 2 N–H and O–H groups in total. The number of nitrogens with one attached hydrogen (secondary N) is 2. The van der Waals surface area contributed by atoms with E-state index in [1.54, 1.807) is 12.1 Å². The first-order chi connectivity index (χ1) is 12.7. The molecule has 0 aliphatic heterocycles. The van der Waals surface area contributed by atoms with Gasteiger partial charge in [0.15, 0.2) is 0 Å². The number of imidazole rings is 1. The Kier molecular flexibility index (Phi) is 5.58. The van der Waals surface area contributed by atoms with E-state index in [1.165, 1.54) is 12.4 Å². The summed E-state index contributed by atoms with van der Waals surface area (Å²) in [6.45, 7) is 2.21. The van der Waals surface area contributed by atoms with E-state index in [1.807, 2.05) is 28.8 Å². The van der Waals surface area contributed by atoms with Crippen molar-refractivity contribution < 1.29 is 9.59 Å². The van der Waals surface area contributed by atoms with Crippen molar-refractivity contribution in [2.45, 2.75) is 32.7 Å². The number of fused-ring (bicyclic) bond motifs is 1. The maximum absolute atomic E-state index is 12.3. The number of unbranched alkanes of at least 4 members (excludes halogenated alkanes) is 1. The van der Waals surface area contributed by atoms with Crippen LogP contribution in [0.15, 0.2) is 48.8 Å².